The summed E-state index contributed by atoms with van der Waals surface area (Å²) >= 11 is 0. The van der Waals surface area contributed by atoms with Crippen LogP contribution in [0.5, 0.6) is 0 Å². The second-order valence-corrected chi connectivity index (χ2v) is 18.9. The average molecular weight is 463 g/mol. The summed E-state index contributed by atoms with van der Waals surface area (Å²) in [6.07, 6.45) is 0. The van der Waals surface area contributed by atoms with Crippen LogP contribution >= 0.6 is 15.6 Å². The summed E-state index contributed by atoms with van der Waals surface area (Å²) in [5.74, 6) is 2.57. The third kappa shape index (κ3) is 6.39. The fourth-order valence-electron chi connectivity index (χ4n) is 3.44. The first kappa shape index (κ1) is 23.9. The normalized spacial score (nSPS) is 13.5. The molecule has 3 aromatic rings. The molecule has 0 aliphatic heterocycles. The molecule has 0 aliphatic carbocycles. The van der Waals surface area contributed by atoms with Crippen molar-refractivity contribution in [3.05, 3.63) is 102 Å². The lowest BCUT2D eigenvalue weighted by atomic mass is 9.97. The quantitative estimate of drug-likeness (QED) is 0.261. The van der Waals surface area contributed by atoms with E-state index in [1.54, 1.807) is 0 Å². The van der Waals surface area contributed by atoms with Gasteiger partial charge in [-0.15, -0.1) is 0 Å². The molecule has 31 heavy (non-hydrogen) atoms. The maximum atomic E-state index is 5.74. The fraction of sp³-hybridized carbons (Fsp3) is 0.259. The van der Waals surface area contributed by atoms with Gasteiger partial charge in [0.15, 0.2) is 8.24 Å². The summed E-state index contributed by atoms with van der Waals surface area (Å²) in [6.45, 7) is 14.0. The molecular weight excluding hydrogens is 428 g/mol. The molecule has 0 N–H and O–H groups in total. The van der Waals surface area contributed by atoms with Crippen molar-refractivity contribution in [2.45, 2.75) is 40.4 Å². The van der Waals surface area contributed by atoms with Crippen LogP contribution in [-0.4, -0.2) is 8.24 Å². The molecule has 0 fully saturated rings. The third-order valence-electron chi connectivity index (χ3n) is 4.84. The molecule has 0 spiro atoms. The molecule has 1 nitrogen and oxygen atoms in total. The van der Waals surface area contributed by atoms with Crippen LogP contribution in [0, 0.1) is 5.41 Å². The standard InChI is InChI=1S/C27H34NP2Si/c1-27(2,3)26(29-23-16-10-7-11-17-23)22-30(28-31(4,5)6,24-18-12-8-13-19-24)25-20-14-9-15-21-25/h7-22H,1-6H3/q-1/b26-22-. The van der Waals surface area contributed by atoms with Crippen LogP contribution in [0.1, 0.15) is 20.8 Å². The highest BCUT2D eigenvalue weighted by molar-refractivity contribution is 7.84. The second-order valence-electron chi connectivity index (χ2n) is 9.84. The van der Waals surface area contributed by atoms with Crippen LogP contribution in [0.4, 0.5) is 0 Å². The van der Waals surface area contributed by atoms with Gasteiger partial charge in [0.1, 0.15) is 0 Å². The maximum Gasteiger partial charge on any atom is 0.171 e. The van der Waals surface area contributed by atoms with Crippen molar-refractivity contribution in [1.82, 2.24) is 0 Å². The molecule has 0 unspecified atom stereocenters. The minimum absolute atomic E-state index is 0.0428. The Labute approximate surface area is 192 Å². The van der Waals surface area contributed by atoms with E-state index >= 15 is 0 Å². The molecule has 0 amide bonds. The monoisotopic (exact) mass is 462 g/mol. The molecule has 0 atom stereocenters. The Kier molecular flexibility index (Phi) is 7.58. The first-order chi connectivity index (χ1) is 14.6. The molecule has 3 aromatic carbocycles. The van der Waals surface area contributed by atoms with Crippen LogP contribution in [0.25, 0.3) is 0 Å². The maximum absolute atomic E-state index is 5.74. The lowest BCUT2D eigenvalue weighted by Crippen LogP contribution is -2.23. The summed E-state index contributed by atoms with van der Waals surface area (Å²) in [7, 11) is -2.58. The number of benzene rings is 3. The van der Waals surface area contributed by atoms with Crippen LogP contribution in [0.2, 0.25) is 19.6 Å². The minimum atomic E-state index is -2.09. The Balaban J connectivity index is 2.37. The van der Waals surface area contributed by atoms with Crippen molar-refractivity contribution < 1.29 is 0 Å². The van der Waals surface area contributed by atoms with E-state index < -0.39 is 15.3 Å². The predicted molar refractivity (Wildman–Crippen MR) is 145 cm³/mol. The second kappa shape index (κ2) is 9.82. The highest BCUT2D eigenvalue weighted by Gasteiger charge is 2.27. The van der Waals surface area contributed by atoms with Crippen molar-refractivity contribution in [2.75, 3.05) is 0 Å². The third-order valence-corrected chi connectivity index (χ3v) is 13.1. The van der Waals surface area contributed by atoms with E-state index in [1.165, 1.54) is 29.8 Å². The van der Waals surface area contributed by atoms with Gasteiger partial charge in [0.05, 0.1) is 0 Å². The van der Waals surface area contributed by atoms with Gasteiger partial charge < -0.3 is 13.0 Å². The molecule has 162 valence electrons. The van der Waals surface area contributed by atoms with Crippen molar-refractivity contribution in [3.8, 4) is 0 Å². The van der Waals surface area contributed by atoms with Crippen molar-refractivity contribution in [3.63, 3.8) is 0 Å². The largest absolute Gasteiger partial charge is 0.476 e. The van der Waals surface area contributed by atoms with Gasteiger partial charge >= 0.3 is 0 Å². The molecule has 3 rings (SSSR count). The SMILES string of the molecule is CC(C)(C)/C(=C/P(=N[Si](C)(C)C)(c1ccccc1)c1ccccc1)[P-]c1ccccc1. The zero-order valence-electron chi connectivity index (χ0n) is 19.6. The first-order valence-corrected chi connectivity index (χ1v) is 17.0. The van der Waals surface area contributed by atoms with Crippen LogP contribution in [0.15, 0.2) is 107 Å². The summed E-state index contributed by atoms with van der Waals surface area (Å²) in [4.78, 5) is 0. The predicted octanol–water partition coefficient (Wildman–Crippen LogP) is 7.83. The smallest absolute Gasteiger partial charge is 0.171 e. The van der Waals surface area contributed by atoms with E-state index in [2.05, 4.69) is 137 Å². The number of hydrogen-bond acceptors (Lipinski definition) is 1. The van der Waals surface area contributed by atoms with Crippen molar-refractivity contribution >= 4 is 39.8 Å². The Hall–Kier alpha value is -1.72. The molecule has 0 aliphatic rings. The van der Waals surface area contributed by atoms with Crippen molar-refractivity contribution in [2.24, 2.45) is 9.83 Å². The topological polar surface area (TPSA) is 12.4 Å². The number of rotatable bonds is 6. The van der Waals surface area contributed by atoms with Crippen LogP contribution in [-0.2, 0) is 0 Å². The average Bonchev–Trinajstić information content (AvgIpc) is 2.73. The van der Waals surface area contributed by atoms with Crippen LogP contribution < -0.4 is 15.9 Å². The molecule has 0 bridgehead atoms. The summed E-state index contributed by atoms with van der Waals surface area (Å²) in [5, 5.41) is 5.44. The van der Waals surface area contributed by atoms with E-state index in [-0.39, 0.29) is 5.41 Å². The Morgan fingerprint density at radius 3 is 1.55 bits per heavy atom. The summed E-state index contributed by atoms with van der Waals surface area (Å²) in [6, 6.07) is 32.8. The fourth-order valence-corrected chi connectivity index (χ4v) is 12.6. The lowest BCUT2D eigenvalue weighted by molar-refractivity contribution is 0.533. The molecule has 0 radical (unpaired) electrons. The van der Waals surface area contributed by atoms with Gasteiger partial charge in [0.25, 0.3) is 0 Å². The van der Waals surface area contributed by atoms with E-state index in [0.29, 0.717) is 0 Å². The van der Waals surface area contributed by atoms with E-state index in [1.807, 2.05) is 0 Å². The molecular formula is C27H34NP2Si-. The number of nitrogens with zero attached hydrogens (tertiary/aromatic N) is 1. The summed E-state index contributed by atoms with van der Waals surface area (Å²) < 4.78 is 5.74. The molecule has 0 saturated carbocycles. The van der Waals surface area contributed by atoms with Gasteiger partial charge in [-0.3, -0.25) is 0 Å². The van der Waals surface area contributed by atoms with E-state index in [4.69, 9.17) is 4.41 Å². The summed E-state index contributed by atoms with van der Waals surface area (Å²) in [5.41, 5.74) is 0.0428. The minimum Gasteiger partial charge on any atom is -0.476 e. The first-order valence-electron chi connectivity index (χ1n) is 10.8. The zero-order chi connectivity index (χ0) is 22.5. The van der Waals surface area contributed by atoms with Gasteiger partial charge in [-0.1, -0.05) is 137 Å². The van der Waals surface area contributed by atoms with Gasteiger partial charge in [-0.25, -0.2) is 10.6 Å². The van der Waals surface area contributed by atoms with E-state index in [0.717, 1.165) is 0 Å². The Morgan fingerprint density at radius 2 is 1.16 bits per heavy atom. The Morgan fingerprint density at radius 1 is 0.742 bits per heavy atom. The molecule has 0 aromatic heterocycles. The molecule has 0 saturated heterocycles. The molecule has 4 heteroatoms. The number of allylic oxidation sites excluding steroid dienone is 1. The van der Waals surface area contributed by atoms with Gasteiger partial charge in [-0.2, -0.15) is 0 Å². The number of hydrogen-bond donors (Lipinski definition) is 0. The highest BCUT2D eigenvalue weighted by atomic mass is 31.2. The zero-order valence-corrected chi connectivity index (χ0v) is 22.4. The van der Waals surface area contributed by atoms with Gasteiger partial charge in [0, 0.05) is 7.05 Å². The van der Waals surface area contributed by atoms with E-state index in [9.17, 15) is 0 Å². The lowest BCUT2D eigenvalue weighted by Gasteiger charge is -2.39. The highest BCUT2D eigenvalue weighted by Crippen LogP contribution is 2.55. The van der Waals surface area contributed by atoms with Gasteiger partial charge in [0.2, 0.25) is 0 Å². The van der Waals surface area contributed by atoms with Gasteiger partial charge in [-0.05, 0) is 16.0 Å². The Bertz CT molecular complexity index is 1020. The van der Waals surface area contributed by atoms with Crippen molar-refractivity contribution in [1.29, 1.82) is 0 Å². The molecule has 0 heterocycles. The van der Waals surface area contributed by atoms with Crippen LogP contribution in [0.3, 0.4) is 0 Å².